The summed E-state index contributed by atoms with van der Waals surface area (Å²) in [6, 6.07) is 4.76. The van der Waals surface area contributed by atoms with Crippen molar-refractivity contribution >= 4 is 11.6 Å². The summed E-state index contributed by atoms with van der Waals surface area (Å²) in [5.74, 6) is 1.42. The molecule has 1 saturated carbocycles. The predicted octanol–water partition coefficient (Wildman–Crippen LogP) is 4.55. The van der Waals surface area contributed by atoms with Crippen LogP contribution in [0.1, 0.15) is 44.7 Å². The summed E-state index contributed by atoms with van der Waals surface area (Å²) in [6.45, 7) is 4.53. The van der Waals surface area contributed by atoms with Crippen molar-refractivity contribution in [3.8, 4) is 0 Å². The van der Waals surface area contributed by atoms with Crippen LogP contribution < -0.4 is 5.73 Å². The number of halogens is 2. The van der Waals surface area contributed by atoms with Gasteiger partial charge in [0.05, 0.1) is 5.02 Å². The Morgan fingerprint density at radius 3 is 2.44 bits per heavy atom. The van der Waals surface area contributed by atoms with Crippen LogP contribution in [0.3, 0.4) is 0 Å². The van der Waals surface area contributed by atoms with Gasteiger partial charge in [-0.15, -0.1) is 0 Å². The molecule has 2 N–H and O–H groups in total. The normalized spacial score (nSPS) is 30.2. The van der Waals surface area contributed by atoms with Gasteiger partial charge in [-0.05, 0) is 48.6 Å². The minimum atomic E-state index is -0.374. The van der Waals surface area contributed by atoms with Crippen LogP contribution in [-0.2, 0) is 0 Å². The number of nitrogens with two attached hydrogens (primary N) is 1. The van der Waals surface area contributed by atoms with Crippen molar-refractivity contribution in [1.82, 2.24) is 0 Å². The second kappa shape index (κ2) is 5.58. The van der Waals surface area contributed by atoms with E-state index in [4.69, 9.17) is 17.3 Å². The molecular weight excluding hydrogens is 249 g/mol. The fourth-order valence-electron chi connectivity index (χ4n) is 3.33. The molecule has 0 heterocycles. The van der Waals surface area contributed by atoms with Gasteiger partial charge in [-0.3, -0.25) is 0 Å². The lowest BCUT2D eigenvalue weighted by molar-refractivity contribution is 0.193. The third kappa shape index (κ3) is 2.86. The van der Waals surface area contributed by atoms with Crippen molar-refractivity contribution in [2.75, 3.05) is 0 Å². The van der Waals surface area contributed by atoms with Gasteiger partial charge in [0, 0.05) is 6.04 Å². The summed E-state index contributed by atoms with van der Waals surface area (Å²) in [4.78, 5) is 0. The summed E-state index contributed by atoms with van der Waals surface area (Å²) in [5, 5.41) is 0.191. The largest absolute Gasteiger partial charge is 0.324 e. The van der Waals surface area contributed by atoms with Crippen LogP contribution in [0.5, 0.6) is 0 Å². The van der Waals surface area contributed by atoms with Gasteiger partial charge in [-0.2, -0.15) is 0 Å². The molecule has 1 nitrogen and oxygen atoms in total. The molecule has 100 valence electrons. The maximum atomic E-state index is 13.5. The average molecular weight is 270 g/mol. The van der Waals surface area contributed by atoms with Gasteiger partial charge in [0.1, 0.15) is 5.82 Å². The van der Waals surface area contributed by atoms with E-state index >= 15 is 0 Å². The molecule has 1 aromatic carbocycles. The van der Waals surface area contributed by atoms with Crippen LogP contribution in [0.25, 0.3) is 0 Å². The van der Waals surface area contributed by atoms with Crippen molar-refractivity contribution in [1.29, 1.82) is 0 Å². The summed E-state index contributed by atoms with van der Waals surface area (Å²) in [5.41, 5.74) is 7.07. The Labute approximate surface area is 114 Å². The zero-order valence-corrected chi connectivity index (χ0v) is 11.8. The van der Waals surface area contributed by atoms with Crippen LogP contribution in [0, 0.1) is 23.6 Å². The molecule has 0 saturated heterocycles. The number of rotatable bonds is 2. The standard InChI is InChI=1S/C15H21ClFN/c1-9-6-10(2)8-11(7-9)15(18)12-4-3-5-13(17)14(12)16/h3-5,9-11,15H,6-8,18H2,1-2H3. The Bertz CT molecular complexity index is 411. The zero-order valence-electron chi connectivity index (χ0n) is 11.0. The summed E-state index contributed by atoms with van der Waals surface area (Å²) < 4.78 is 13.5. The smallest absolute Gasteiger partial charge is 0.142 e. The van der Waals surface area contributed by atoms with E-state index in [-0.39, 0.29) is 16.9 Å². The molecule has 0 bridgehead atoms. The Balaban J connectivity index is 2.20. The number of hydrogen-bond acceptors (Lipinski definition) is 1. The molecule has 1 aliphatic carbocycles. The average Bonchev–Trinajstić information content (AvgIpc) is 2.30. The number of hydrogen-bond donors (Lipinski definition) is 1. The maximum Gasteiger partial charge on any atom is 0.142 e. The molecule has 1 aromatic rings. The van der Waals surface area contributed by atoms with E-state index in [1.807, 2.05) is 6.07 Å². The predicted molar refractivity (Wildman–Crippen MR) is 74.0 cm³/mol. The lowest BCUT2D eigenvalue weighted by Crippen LogP contribution is -2.29. The quantitative estimate of drug-likeness (QED) is 0.837. The van der Waals surface area contributed by atoms with Gasteiger partial charge in [-0.1, -0.05) is 37.6 Å². The van der Waals surface area contributed by atoms with Crippen molar-refractivity contribution < 1.29 is 4.39 Å². The second-order valence-corrected chi connectivity index (χ2v) is 6.22. The molecule has 0 aliphatic heterocycles. The maximum absolute atomic E-state index is 13.5. The van der Waals surface area contributed by atoms with Crippen LogP contribution in [0.15, 0.2) is 18.2 Å². The summed E-state index contributed by atoms with van der Waals surface area (Å²) >= 11 is 6.03. The van der Waals surface area contributed by atoms with Gasteiger partial charge in [-0.25, -0.2) is 4.39 Å². The highest BCUT2D eigenvalue weighted by Crippen LogP contribution is 2.40. The van der Waals surface area contributed by atoms with Gasteiger partial charge in [0.25, 0.3) is 0 Å². The van der Waals surface area contributed by atoms with Gasteiger partial charge < -0.3 is 5.73 Å². The highest BCUT2D eigenvalue weighted by molar-refractivity contribution is 6.31. The van der Waals surface area contributed by atoms with E-state index in [0.29, 0.717) is 17.8 Å². The first kappa shape index (κ1) is 13.8. The van der Waals surface area contributed by atoms with E-state index in [0.717, 1.165) is 18.4 Å². The first-order chi connectivity index (χ1) is 8.49. The first-order valence-corrected chi connectivity index (χ1v) is 7.06. The highest BCUT2D eigenvalue weighted by Gasteiger charge is 2.30. The fourth-order valence-corrected chi connectivity index (χ4v) is 3.59. The lowest BCUT2D eigenvalue weighted by atomic mass is 9.72. The molecule has 1 fully saturated rings. The molecule has 3 heteroatoms. The molecular formula is C15H21ClFN. The Hall–Kier alpha value is -0.600. The molecule has 1 aliphatic rings. The molecule has 3 atom stereocenters. The van der Waals surface area contributed by atoms with Crippen molar-refractivity contribution in [3.05, 3.63) is 34.6 Å². The monoisotopic (exact) mass is 269 g/mol. The first-order valence-electron chi connectivity index (χ1n) is 6.68. The molecule has 2 rings (SSSR count). The Morgan fingerprint density at radius 2 is 1.83 bits per heavy atom. The molecule has 0 spiro atoms. The summed E-state index contributed by atoms with van der Waals surface area (Å²) in [7, 11) is 0. The Morgan fingerprint density at radius 1 is 1.22 bits per heavy atom. The molecule has 0 amide bonds. The van der Waals surface area contributed by atoms with E-state index in [1.165, 1.54) is 12.5 Å². The van der Waals surface area contributed by atoms with Crippen LogP contribution in [0.4, 0.5) is 4.39 Å². The zero-order chi connectivity index (χ0) is 13.3. The van der Waals surface area contributed by atoms with Crippen LogP contribution in [-0.4, -0.2) is 0 Å². The van der Waals surface area contributed by atoms with E-state index in [2.05, 4.69) is 13.8 Å². The Kier molecular flexibility index (Phi) is 4.29. The highest BCUT2D eigenvalue weighted by atomic mass is 35.5. The van der Waals surface area contributed by atoms with Gasteiger partial charge >= 0.3 is 0 Å². The minimum Gasteiger partial charge on any atom is -0.324 e. The van der Waals surface area contributed by atoms with E-state index < -0.39 is 0 Å². The third-order valence-electron chi connectivity index (χ3n) is 4.06. The van der Waals surface area contributed by atoms with Crippen molar-refractivity contribution in [3.63, 3.8) is 0 Å². The molecule has 18 heavy (non-hydrogen) atoms. The van der Waals surface area contributed by atoms with Crippen molar-refractivity contribution in [2.24, 2.45) is 23.5 Å². The third-order valence-corrected chi connectivity index (χ3v) is 4.46. The van der Waals surface area contributed by atoms with Gasteiger partial charge in [0.2, 0.25) is 0 Å². The van der Waals surface area contributed by atoms with E-state index in [1.54, 1.807) is 6.07 Å². The van der Waals surface area contributed by atoms with Gasteiger partial charge in [0.15, 0.2) is 0 Å². The molecule has 3 unspecified atom stereocenters. The molecule has 0 aromatic heterocycles. The fraction of sp³-hybridized carbons (Fsp3) is 0.600. The second-order valence-electron chi connectivity index (χ2n) is 5.85. The van der Waals surface area contributed by atoms with Crippen molar-refractivity contribution in [2.45, 2.75) is 39.2 Å². The summed E-state index contributed by atoms with van der Waals surface area (Å²) in [6.07, 6.45) is 3.48. The van der Waals surface area contributed by atoms with Crippen LogP contribution >= 0.6 is 11.6 Å². The topological polar surface area (TPSA) is 26.0 Å². The van der Waals surface area contributed by atoms with E-state index in [9.17, 15) is 4.39 Å². The van der Waals surface area contributed by atoms with Crippen LogP contribution in [0.2, 0.25) is 5.02 Å². The lowest BCUT2D eigenvalue weighted by Gasteiger charge is -2.35. The SMILES string of the molecule is CC1CC(C)CC(C(N)c2cccc(F)c2Cl)C1. The molecule has 0 radical (unpaired) electrons. The number of benzene rings is 1. The minimum absolute atomic E-state index is 0.154.